The minimum absolute atomic E-state index is 0.00616. The highest BCUT2D eigenvalue weighted by Gasteiger charge is 2.24. The monoisotopic (exact) mass is 978 g/mol. The van der Waals surface area contributed by atoms with Crippen LogP contribution in [0.3, 0.4) is 0 Å². The van der Waals surface area contributed by atoms with Crippen LogP contribution in [0.15, 0.2) is 76.4 Å². The van der Waals surface area contributed by atoms with Gasteiger partial charge >= 0.3 is 0 Å². The van der Waals surface area contributed by atoms with Crippen LogP contribution in [-0.4, -0.2) is 128 Å². The van der Waals surface area contributed by atoms with E-state index in [2.05, 4.69) is 36.0 Å². The fraction of sp³-hybridized carbons (Fsp3) is 0.362. The quantitative estimate of drug-likeness (QED) is 0.0179. The van der Waals surface area contributed by atoms with Crippen LogP contribution in [0.1, 0.15) is 70.5 Å². The maximum atomic E-state index is 13.9. The zero-order valence-corrected chi connectivity index (χ0v) is 41.0. The molecule has 0 spiro atoms. The van der Waals surface area contributed by atoms with Gasteiger partial charge < -0.3 is 57.5 Å². The molecule has 0 aliphatic heterocycles. The first-order valence-corrected chi connectivity index (χ1v) is 22.7. The lowest BCUT2D eigenvalue weighted by Gasteiger charge is -2.22. The van der Waals surface area contributed by atoms with E-state index in [1.807, 2.05) is 6.92 Å². The molecule has 0 saturated heterocycles. The van der Waals surface area contributed by atoms with E-state index >= 15 is 0 Å². The molecule has 5 aromatic rings. The van der Waals surface area contributed by atoms with Gasteiger partial charge in [0.2, 0.25) is 29.6 Å². The molecule has 0 saturated carbocycles. The number of benzene rings is 2. The molecule has 71 heavy (non-hydrogen) atoms. The number of imidazole rings is 2. The van der Waals surface area contributed by atoms with Crippen molar-refractivity contribution in [2.75, 3.05) is 58.1 Å². The van der Waals surface area contributed by atoms with Crippen LogP contribution in [0, 0.1) is 6.92 Å². The van der Waals surface area contributed by atoms with Crippen LogP contribution in [-0.2, 0) is 29.2 Å². The molecule has 0 aliphatic rings. The van der Waals surface area contributed by atoms with Crippen molar-refractivity contribution < 1.29 is 33.4 Å². The maximum absolute atomic E-state index is 13.9. The average molecular weight is 978 g/mol. The Kier molecular flexibility index (Phi) is 18.5. The molecule has 24 nitrogen and oxygen atoms in total. The van der Waals surface area contributed by atoms with Crippen molar-refractivity contribution in [3.63, 3.8) is 0 Å². The van der Waals surface area contributed by atoms with Gasteiger partial charge in [-0.25, -0.2) is 9.97 Å². The number of aliphatic imine (C=N–C) groups is 2. The average Bonchev–Trinajstić information content (AvgIpc) is 4.00. The third-order valence-electron chi connectivity index (χ3n) is 10.8. The number of carbonyl (C=O) groups is 5. The van der Waals surface area contributed by atoms with Gasteiger partial charge in [0.25, 0.3) is 11.8 Å². The van der Waals surface area contributed by atoms with E-state index in [4.69, 9.17) is 43.1 Å². The minimum atomic E-state index is -0.733. The van der Waals surface area contributed by atoms with Crippen LogP contribution in [0.2, 0.25) is 0 Å². The summed E-state index contributed by atoms with van der Waals surface area (Å²) in [4.78, 5) is 84.8. The Morgan fingerprint density at radius 2 is 1.44 bits per heavy atom. The summed E-state index contributed by atoms with van der Waals surface area (Å²) in [5, 5.41) is 13.2. The number of allylic oxidation sites excluding steroid dienone is 3. The number of likely N-dealkylation sites (N-methyl/N-ethyl adjacent to an activating group) is 2. The number of primary amides is 2. The highest BCUT2D eigenvalue weighted by molar-refractivity contribution is 6.47. The summed E-state index contributed by atoms with van der Waals surface area (Å²) in [6.07, 6.45) is 9.67. The van der Waals surface area contributed by atoms with Gasteiger partial charge in [-0.05, 0) is 90.1 Å². The second-order valence-corrected chi connectivity index (χ2v) is 16.1. The molecule has 5 amide bonds. The number of hydrogen-bond donors (Lipinski definition) is 8. The summed E-state index contributed by atoms with van der Waals surface area (Å²) < 4.78 is 16.9. The van der Waals surface area contributed by atoms with E-state index in [1.54, 1.807) is 84.0 Å². The molecule has 2 aromatic carbocycles. The van der Waals surface area contributed by atoms with E-state index in [1.165, 1.54) is 37.5 Å². The summed E-state index contributed by atoms with van der Waals surface area (Å²) in [6.45, 7) is 8.66. The molecule has 13 N–H and O–H groups in total. The van der Waals surface area contributed by atoms with Crippen molar-refractivity contribution >= 4 is 75.2 Å². The lowest BCUT2D eigenvalue weighted by molar-refractivity contribution is -0.131. The number of fused-ring (bicyclic) bond motifs is 2. The number of anilines is 2. The minimum Gasteiger partial charge on any atom is -0.494 e. The van der Waals surface area contributed by atoms with Crippen molar-refractivity contribution in [2.24, 2.45) is 38.7 Å². The molecule has 1 atom stereocenters. The molecule has 3 heterocycles. The van der Waals surface area contributed by atoms with E-state index in [-0.39, 0.29) is 78.3 Å². The first-order valence-electron chi connectivity index (χ1n) is 22.7. The maximum Gasteiger partial charge on any atom is 0.276 e. The standard InChI is InChI=1S/C47H63N17O7/c1-8-54-34(21-27(3)48)42(67)58-46-56-32-23-29(40(49)65)25-36(70-7)38(32)62(46)18-10-11-19-63-39-33(57-47(63)59-43(68)35-22-28(4)60-64(35)9-2)24-30(41(50)66)26-37(39)71-20-13-12-17-61(6)44(69)31(53-5)15-14-16-55-45(51)52/h10-13,21-26,31,53H,8-9,14-20,48H2,1-7H3,(H2,49,65)(H2,50,66)(H4,51,52,55)(H,56,58,67)(H,57,59,68)/b11-10+,13-12+,27-21-,54-34?. The highest BCUT2D eigenvalue weighted by Crippen LogP contribution is 2.33. The molecule has 3 aromatic heterocycles. The normalized spacial score (nSPS) is 12.4. The molecule has 0 aliphatic carbocycles. The number of aromatic nitrogens is 6. The van der Waals surface area contributed by atoms with Gasteiger partial charge in [0.05, 0.1) is 29.9 Å². The predicted molar refractivity (Wildman–Crippen MR) is 272 cm³/mol. The number of ether oxygens (including phenoxy) is 2. The second-order valence-electron chi connectivity index (χ2n) is 16.1. The van der Waals surface area contributed by atoms with E-state index < -0.39 is 29.7 Å². The van der Waals surface area contributed by atoms with Crippen molar-refractivity contribution in [1.82, 2.24) is 39.1 Å². The first kappa shape index (κ1) is 53.4. The summed E-state index contributed by atoms with van der Waals surface area (Å²) in [7, 11) is 4.83. The molecule has 0 radical (unpaired) electrons. The number of methoxy groups -OCH3 is 1. The van der Waals surface area contributed by atoms with E-state index in [0.717, 1.165) is 0 Å². The lowest BCUT2D eigenvalue weighted by Crippen LogP contribution is -2.43. The molecule has 0 bridgehead atoms. The van der Waals surface area contributed by atoms with Crippen LogP contribution < -0.4 is 54.1 Å². The Labute approximate surface area is 410 Å². The second kappa shape index (κ2) is 24.7. The van der Waals surface area contributed by atoms with Gasteiger partial charge in [-0.3, -0.25) is 49.3 Å². The van der Waals surface area contributed by atoms with Crippen molar-refractivity contribution in [3.05, 3.63) is 88.9 Å². The molecule has 5 rings (SSSR count). The van der Waals surface area contributed by atoms with Crippen molar-refractivity contribution in [3.8, 4) is 11.5 Å². The Bertz CT molecular complexity index is 2930. The SMILES string of the molecule is CCN=C(/C=C(/C)N)C(=O)Nc1nc2cc(C(N)=O)cc(OC)c2n1C/C=C/Cn1c(NC(=O)c2cc(C)nn2CC)nc2cc(C(N)=O)cc(OC/C=C/CN(C)C(=O)C(CCCN=C(N)N)NC)c21. The van der Waals surface area contributed by atoms with Gasteiger partial charge in [-0.2, -0.15) is 5.10 Å². The van der Waals surface area contributed by atoms with Gasteiger partial charge in [-0.15, -0.1) is 0 Å². The zero-order chi connectivity index (χ0) is 51.9. The highest BCUT2D eigenvalue weighted by atomic mass is 16.5. The Balaban J connectivity index is 1.51. The van der Waals surface area contributed by atoms with Gasteiger partial charge in [0, 0.05) is 63.1 Å². The summed E-state index contributed by atoms with van der Waals surface area (Å²) in [5.41, 5.74) is 31.3. The zero-order valence-electron chi connectivity index (χ0n) is 41.0. The number of guanidine groups is 1. The Morgan fingerprint density at radius 1 is 0.831 bits per heavy atom. The van der Waals surface area contributed by atoms with Crippen LogP contribution in [0.5, 0.6) is 11.5 Å². The Morgan fingerprint density at radius 3 is 1.99 bits per heavy atom. The number of nitrogens with zero attached hydrogens (tertiary/aromatic N) is 9. The van der Waals surface area contributed by atoms with Gasteiger partial charge in [0.1, 0.15) is 40.5 Å². The molecular weight excluding hydrogens is 915 g/mol. The number of rotatable bonds is 25. The number of amides is 5. The predicted octanol–water partition coefficient (Wildman–Crippen LogP) is 1.92. The molecule has 1 unspecified atom stereocenters. The molecule has 378 valence electrons. The fourth-order valence-electron chi connectivity index (χ4n) is 7.48. The summed E-state index contributed by atoms with van der Waals surface area (Å²) in [5.74, 6) is -1.92. The van der Waals surface area contributed by atoms with E-state index in [9.17, 15) is 24.0 Å². The third kappa shape index (κ3) is 13.6. The smallest absolute Gasteiger partial charge is 0.276 e. The third-order valence-corrected chi connectivity index (χ3v) is 10.8. The van der Waals surface area contributed by atoms with Crippen LogP contribution >= 0.6 is 0 Å². The lowest BCUT2D eigenvalue weighted by atomic mass is 10.1. The summed E-state index contributed by atoms with van der Waals surface area (Å²) in [6, 6.07) is 7.19. The topological polar surface area (TPSA) is 351 Å². The van der Waals surface area contributed by atoms with Crippen LogP contribution in [0.4, 0.5) is 11.9 Å². The van der Waals surface area contributed by atoms with Gasteiger partial charge in [-0.1, -0.05) is 18.2 Å². The van der Waals surface area contributed by atoms with Crippen molar-refractivity contribution in [2.45, 2.75) is 66.2 Å². The fourth-order valence-corrected chi connectivity index (χ4v) is 7.48. The number of carbonyl (C=O) groups excluding carboxylic acids is 5. The first-order chi connectivity index (χ1) is 33.9. The largest absolute Gasteiger partial charge is 0.494 e. The van der Waals surface area contributed by atoms with E-state index in [0.29, 0.717) is 71.6 Å². The summed E-state index contributed by atoms with van der Waals surface area (Å²) >= 11 is 0. The van der Waals surface area contributed by atoms with Gasteiger partial charge in [0.15, 0.2) is 5.96 Å². The number of aryl methyl sites for hydroxylation is 2. The molecule has 24 heteroatoms. The Hall–Kier alpha value is -8.54. The van der Waals surface area contributed by atoms with Crippen LogP contribution in [0.25, 0.3) is 22.1 Å². The number of hydrogen-bond acceptors (Lipinski definition) is 14. The number of nitrogens with two attached hydrogens (primary N) is 5. The number of nitrogens with one attached hydrogen (secondary N) is 3. The van der Waals surface area contributed by atoms with Crippen molar-refractivity contribution in [1.29, 1.82) is 0 Å². The molecule has 0 fully saturated rings. The molecular formula is C47H63N17O7.